The molecule has 1 aromatic heterocycles. The molecule has 6 heteroatoms. The first-order valence-corrected chi connectivity index (χ1v) is 9.85. The highest BCUT2D eigenvalue weighted by molar-refractivity contribution is 5.58. The number of hydrogen-bond donors (Lipinski definition) is 2. The quantitative estimate of drug-likeness (QED) is 0.742. The van der Waals surface area contributed by atoms with Gasteiger partial charge in [-0.05, 0) is 62.4 Å². The van der Waals surface area contributed by atoms with E-state index in [-0.39, 0.29) is 18.3 Å². The summed E-state index contributed by atoms with van der Waals surface area (Å²) in [5.74, 6) is 2.38. The van der Waals surface area contributed by atoms with Gasteiger partial charge in [-0.15, -0.1) is 0 Å². The van der Waals surface area contributed by atoms with Crippen LogP contribution < -0.4 is 10.1 Å². The number of nitrogens with one attached hydrogen (secondary N) is 1. The van der Waals surface area contributed by atoms with Crippen molar-refractivity contribution in [3.8, 4) is 17.1 Å². The third kappa shape index (κ3) is 4.89. The van der Waals surface area contributed by atoms with Crippen molar-refractivity contribution in [2.45, 2.75) is 50.4 Å². The average Bonchev–Trinajstić information content (AvgIpc) is 3.40. The summed E-state index contributed by atoms with van der Waals surface area (Å²) >= 11 is 0. The Morgan fingerprint density at radius 2 is 1.96 bits per heavy atom. The molecule has 6 nitrogen and oxygen atoms in total. The second-order valence-electron chi connectivity index (χ2n) is 7.66. The van der Waals surface area contributed by atoms with Gasteiger partial charge in [0.15, 0.2) is 5.76 Å². The predicted molar refractivity (Wildman–Crippen MR) is 102 cm³/mol. The summed E-state index contributed by atoms with van der Waals surface area (Å²) in [4.78, 5) is 0. The van der Waals surface area contributed by atoms with E-state index in [4.69, 9.17) is 14.0 Å². The summed E-state index contributed by atoms with van der Waals surface area (Å²) in [6, 6.07) is 9.69. The second kappa shape index (κ2) is 8.42. The van der Waals surface area contributed by atoms with Crippen LogP contribution in [0.1, 0.15) is 31.4 Å². The molecule has 27 heavy (non-hydrogen) atoms. The van der Waals surface area contributed by atoms with Crippen LogP contribution in [-0.4, -0.2) is 48.8 Å². The number of hydrogen-bond acceptors (Lipinski definition) is 6. The fraction of sp³-hybridized carbons (Fsp3) is 0.571. The topological polar surface area (TPSA) is 76.8 Å². The fourth-order valence-electron chi connectivity index (χ4n) is 3.57. The molecule has 2 aromatic rings. The maximum Gasteiger partial charge on any atom is 0.167 e. The number of aromatic nitrogens is 1. The van der Waals surface area contributed by atoms with E-state index >= 15 is 0 Å². The van der Waals surface area contributed by atoms with Gasteiger partial charge >= 0.3 is 0 Å². The molecule has 4 rings (SSSR count). The van der Waals surface area contributed by atoms with Gasteiger partial charge in [-0.1, -0.05) is 5.16 Å². The minimum atomic E-state index is -0.389. The lowest BCUT2D eigenvalue weighted by Gasteiger charge is -2.34. The van der Waals surface area contributed by atoms with Crippen molar-refractivity contribution in [3.05, 3.63) is 36.0 Å². The van der Waals surface area contributed by atoms with E-state index in [2.05, 4.69) is 10.5 Å². The van der Waals surface area contributed by atoms with Crippen molar-refractivity contribution < 1.29 is 19.1 Å². The highest BCUT2D eigenvalue weighted by Gasteiger charge is 2.31. The zero-order valence-electron chi connectivity index (χ0n) is 15.8. The lowest BCUT2D eigenvalue weighted by Crippen LogP contribution is -2.45. The minimum Gasteiger partial charge on any atom is -0.497 e. The molecule has 0 unspecified atom stereocenters. The highest BCUT2D eigenvalue weighted by atomic mass is 16.5. The Hall–Kier alpha value is -1.89. The van der Waals surface area contributed by atoms with Crippen molar-refractivity contribution in [1.82, 2.24) is 10.5 Å². The van der Waals surface area contributed by atoms with Gasteiger partial charge in [0.25, 0.3) is 0 Å². The van der Waals surface area contributed by atoms with Crippen molar-refractivity contribution in [2.24, 2.45) is 5.92 Å². The SMILES string of the molecule is COc1ccc(-c2cc(C[C@@H]3CC[C@H](O)[C@@H](CNCC4CC4)O3)no2)cc1. The number of nitrogens with zero attached hydrogens (tertiary/aromatic N) is 1. The number of aliphatic hydroxyl groups is 1. The van der Waals surface area contributed by atoms with Crippen molar-refractivity contribution in [2.75, 3.05) is 20.2 Å². The summed E-state index contributed by atoms with van der Waals surface area (Å²) in [6.07, 6.45) is 4.49. The molecule has 1 saturated carbocycles. The number of aliphatic hydroxyl groups excluding tert-OH is 1. The molecule has 2 heterocycles. The van der Waals surface area contributed by atoms with Crippen molar-refractivity contribution >= 4 is 0 Å². The van der Waals surface area contributed by atoms with E-state index in [1.807, 2.05) is 30.3 Å². The van der Waals surface area contributed by atoms with Crippen LogP contribution in [0.5, 0.6) is 5.75 Å². The molecule has 1 saturated heterocycles. The lowest BCUT2D eigenvalue weighted by atomic mass is 9.98. The zero-order valence-corrected chi connectivity index (χ0v) is 15.8. The maximum atomic E-state index is 10.2. The van der Waals surface area contributed by atoms with E-state index in [9.17, 15) is 5.11 Å². The number of ether oxygens (including phenoxy) is 2. The van der Waals surface area contributed by atoms with E-state index in [0.717, 1.165) is 48.1 Å². The molecular formula is C21H28N2O4. The van der Waals surface area contributed by atoms with Gasteiger partial charge in [-0.25, -0.2) is 0 Å². The Morgan fingerprint density at radius 1 is 1.15 bits per heavy atom. The van der Waals surface area contributed by atoms with E-state index in [1.54, 1.807) is 7.11 Å². The van der Waals surface area contributed by atoms with Crippen LogP contribution in [-0.2, 0) is 11.2 Å². The third-order valence-electron chi connectivity index (χ3n) is 5.43. The standard InChI is InChI=1S/C21H28N2O4/c1-25-17-6-4-15(5-7-17)20-11-16(23-27-20)10-18-8-9-19(24)21(26-18)13-22-12-14-2-3-14/h4-7,11,14,18-19,21-22,24H,2-3,8-10,12-13H2,1H3/t18-,19-,21+/m0/s1. The van der Waals surface area contributed by atoms with Gasteiger partial charge in [-0.2, -0.15) is 0 Å². The molecule has 0 spiro atoms. The Balaban J connectivity index is 1.32. The first-order valence-electron chi connectivity index (χ1n) is 9.85. The Labute approximate surface area is 159 Å². The van der Waals surface area contributed by atoms with E-state index in [0.29, 0.717) is 13.0 Å². The fourth-order valence-corrected chi connectivity index (χ4v) is 3.57. The largest absolute Gasteiger partial charge is 0.497 e. The van der Waals surface area contributed by atoms with E-state index < -0.39 is 0 Å². The molecule has 2 fully saturated rings. The maximum absolute atomic E-state index is 10.2. The van der Waals surface area contributed by atoms with E-state index in [1.165, 1.54) is 12.8 Å². The molecule has 0 radical (unpaired) electrons. The van der Waals surface area contributed by atoms with Gasteiger partial charge in [0, 0.05) is 24.6 Å². The van der Waals surface area contributed by atoms with Crippen molar-refractivity contribution in [3.63, 3.8) is 0 Å². The van der Waals surface area contributed by atoms with Crippen LogP contribution >= 0.6 is 0 Å². The van der Waals surface area contributed by atoms with Gasteiger partial charge in [0.05, 0.1) is 31.1 Å². The number of benzene rings is 1. The number of rotatable bonds is 8. The summed E-state index contributed by atoms with van der Waals surface area (Å²) in [6.45, 7) is 1.75. The second-order valence-corrected chi connectivity index (χ2v) is 7.66. The molecule has 0 bridgehead atoms. The van der Waals surface area contributed by atoms with Crippen LogP contribution in [0.25, 0.3) is 11.3 Å². The zero-order chi connectivity index (χ0) is 18.6. The molecule has 3 atom stereocenters. The predicted octanol–water partition coefficient (Wildman–Crippen LogP) is 2.80. The lowest BCUT2D eigenvalue weighted by molar-refractivity contribution is -0.114. The van der Waals surface area contributed by atoms with Crippen LogP contribution in [0.2, 0.25) is 0 Å². The van der Waals surface area contributed by atoms with Crippen LogP contribution in [0.4, 0.5) is 0 Å². The normalized spacial score (nSPS) is 25.5. The monoisotopic (exact) mass is 372 g/mol. The Kier molecular flexibility index (Phi) is 5.76. The molecule has 2 aliphatic rings. The number of methoxy groups -OCH3 is 1. The average molecular weight is 372 g/mol. The smallest absolute Gasteiger partial charge is 0.167 e. The van der Waals surface area contributed by atoms with Crippen LogP contribution in [0.15, 0.2) is 34.9 Å². The Morgan fingerprint density at radius 3 is 2.70 bits per heavy atom. The highest BCUT2D eigenvalue weighted by Crippen LogP contribution is 2.28. The summed E-state index contributed by atoms with van der Waals surface area (Å²) in [5, 5.41) is 17.9. The van der Waals surface area contributed by atoms with Gasteiger partial charge in [0.2, 0.25) is 0 Å². The molecular weight excluding hydrogens is 344 g/mol. The summed E-state index contributed by atoms with van der Waals surface area (Å²) in [7, 11) is 1.65. The van der Waals surface area contributed by atoms with Crippen molar-refractivity contribution in [1.29, 1.82) is 0 Å². The minimum absolute atomic E-state index is 0.0648. The van der Waals surface area contributed by atoms with Gasteiger partial charge < -0.3 is 24.4 Å². The molecule has 146 valence electrons. The van der Waals surface area contributed by atoms with Crippen LogP contribution in [0, 0.1) is 5.92 Å². The summed E-state index contributed by atoms with van der Waals surface area (Å²) < 4.78 is 16.8. The molecule has 1 aliphatic heterocycles. The molecule has 0 amide bonds. The Bertz CT molecular complexity index is 726. The third-order valence-corrected chi connectivity index (χ3v) is 5.43. The first-order chi connectivity index (χ1) is 13.2. The van der Waals surface area contributed by atoms with Gasteiger partial charge in [0.1, 0.15) is 5.75 Å². The molecule has 2 N–H and O–H groups in total. The first kappa shape index (κ1) is 18.5. The molecule has 1 aliphatic carbocycles. The molecule has 1 aromatic carbocycles. The van der Waals surface area contributed by atoms with Gasteiger partial charge in [-0.3, -0.25) is 0 Å². The summed E-state index contributed by atoms with van der Waals surface area (Å²) in [5.41, 5.74) is 1.85. The van der Waals surface area contributed by atoms with Crippen LogP contribution in [0.3, 0.4) is 0 Å².